The first kappa shape index (κ1) is 18.3. The molecule has 0 N–H and O–H groups in total. The van der Waals surface area contributed by atoms with E-state index in [2.05, 4.69) is 9.97 Å². The van der Waals surface area contributed by atoms with E-state index in [1.54, 1.807) is 11.1 Å². The van der Waals surface area contributed by atoms with Crippen molar-refractivity contribution in [1.82, 2.24) is 14.9 Å². The highest BCUT2D eigenvalue weighted by molar-refractivity contribution is 5.82. The van der Waals surface area contributed by atoms with Crippen LogP contribution in [0.3, 0.4) is 0 Å². The van der Waals surface area contributed by atoms with Crippen LogP contribution >= 0.6 is 0 Å². The monoisotopic (exact) mass is 385 g/mol. The molecule has 28 heavy (non-hydrogen) atoms. The lowest BCUT2D eigenvalue weighted by Gasteiger charge is -2.37. The lowest BCUT2D eigenvalue weighted by molar-refractivity contribution is -0.147. The van der Waals surface area contributed by atoms with Gasteiger partial charge < -0.3 is 23.8 Å². The number of hydrogen-bond donors (Lipinski definition) is 0. The number of likely N-dealkylation sites (tertiary alicyclic amines) is 1. The molecule has 0 radical (unpaired) electrons. The lowest BCUT2D eigenvalue weighted by Crippen LogP contribution is -2.54. The summed E-state index contributed by atoms with van der Waals surface area (Å²) in [6, 6.07) is 7.39. The van der Waals surface area contributed by atoms with Gasteiger partial charge in [0.05, 0.1) is 26.0 Å². The zero-order valence-electron chi connectivity index (χ0n) is 15.9. The number of carbonyl (C=O) groups excluding carboxylic acids is 1. The van der Waals surface area contributed by atoms with Crippen molar-refractivity contribution in [2.75, 3.05) is 20.2 Å². The number of nitrogens with zero attached hydrogens (tertiary/aromatic N) is 3. The molecule has 3 unspecified atom stereocenters. The van der Waals surface area contributed by atoms with Crippen molar-refractivity contribution in [2.24, 2.45) is 0 Å². The standard InChI is InChI=1S/C20H23N3O5/c1-13-19(28-16-8-4-3-7-15(16)26-13)20(24)23-9-5-6-14(12-23)27-18-11-21-10-17(22-18)25-2/h3-4,7-8,10-11,13-14,19H,5-6,9,12H2,1-2H3. The van der Waals surface area contributed by atoms with Crippen LogP contribution in [0.2, 0.25) is 0 Å². The topological polar surface area (TPSA) is 83.0 Å². The molecule has 1 fully saturated rings. The number of piperidine rings is 1. The number of ether oxygens (including phenoxy) is 4. The molecule has 3 heterocycles. The van der Waals surface area contributed by atoms with E-state index in [9.17, 15) is 4.79 Å². The summed E-state index contributed by atoms with van der Waals surface area (Å²) in [5, 5.41) is 0. The number of methoxy groups -OCH3 is 1. The van der Waals surface area contributed by atoms with Crippen LogP contribution in [0.25, 0.3) is 0 Å². The number of fused-ring (bicyclic) bond motifs is 1. The average Bonchev–Trinajstić information content (AvgIpc) is 2.73. The van der Waals surface area contributed by atoms with Crippen LogP contribution in [0.5, 0.6) is 23.3 Å². The van der Waals surface area contributed by atoms with Crippen LogP contribution in [-0.2, 0) is 4.79 Å². The lowest BCUT2D eigenvalue weighted by atomic mass is 10.1. The van der Waals surface area contributed by atoms with Gasteiger partial charge in [-0.25, -0.2) is 0 Å². The van der Waals surface area contributed by atoms with Crippen molar-refractivity contribution >= 4 is 5.91 Å². The fourth-order valence-corrected chi connectivity index (χ4v) is 3.46. The molecule has 2 aromatic rings. The van der Waals surface area contributed by atoms with Gasteiger partial charge in [0.1, 0.15) is 12.2 Å². The number of aromatic nitrogens is 2. The van der Waals surface area contributed by atoms with Gasteiger partial charge >= 0.3 is 0 Å². The van der Waals surface area contributed by atoms with Crippen molar-refractivity contribution in [3.05, 3.63) is 36.7 Å². The normalized spacial score (nSPS) is 23.8. The summed E-state index contributed by atoms with van der Waals surface area (Å²) in [5.74, 6) is 1.94. The largest absolute Gasteiger partial charge is 0.482 e. The highest BCUT2D eigenvalue weighted by atomic mass is 16.6. The maximum atomic E-state index is 13.1. The zero-order chi connectivity index (χ0) is 19.5. The summed E-state index contributed by atoms with van der Waals surface area (Å²) in [7, 11) is 1.53. The highest BCUT2D eigenvalue weighted by Gasteiger charge is 2.38. The molecule has 148 valence electrons. The van der Waals surface area contributed by atoms with Crippen molar-refractivity contribution in [3.8, 4) is 23.3 Å². The minimum Gasteiger partial charge on any atom is -0.482 e. The third-order valence-corrected chi connectivity index (χ3v) is 4.86. The third kappa shape index (κ3) is 3.81. The number of amides is 1. The Hall–Kier alpha value is -3.03. The van der Waals surface area contributed by atoms with Gasteiger partial charge in [0, 0.05) is 6.54 Å². The van der Waals surface area contributed by atoms with Gasteiger partial charge in [-0.1, -0.05) is 12.1 Å². The van der Waals surface area contributed by atoms with Crippen LogP contribution in [0.1, 0.15) is 19.8 Å². The van der Waals surface area contributed by atoms with E-state index in [1.165, 1.54) is 13.3 Å². The van der Waals surface area contributed by atoms with E-state index in [0.29, 0.717) is 36.3 Å². The van der Waals surface area contributed by atoms with E-state index in [-0.39, 0.29) is 18.1 Å². The number of carbonyl (C=O) groups is 1. The molecule has 0 bridgehead atoms. The molecule has 1 aromatic heterocycles. The summed E-state index contributed by atoms with van der Waals surface area (Å²) < 4.78 is 22.8. The number of rotatable bonds is 4. The number of benzene rings is 1. The van der Waals surface area contributed by atoms with Crippen LogP contribution in [-0.4, -0.2) is 59.3 Å². The van der Waals surface area contributed by atoms with Crippen LogP contribution in [0, 0.1) is 0 Å². The molecule has 8 heteroatoms. The molecular weight excluding hydrogens is 362 g/mol. The molecule has 1 amide bonds. The molecular formula is C20H23N3O5. The quantitative estimate of drug-likeness (QED) is 0.797. The van der Waals surface area contributed by atoms with Gasteiger partial charge in [-0.05, 0) is 31.9 Å². The summed E-state index contributed by atoms with van der Waals surface area (Å²) in [6.45, 7) is 2.98. The van der Waals surface area contributed by atoms with Crippen LogP contribution in [0.4, 0.5) is 0 Å². The van der Waals surface area contributed by atoms with Gasteiger partial charge in [-0.3, -0.25) is 9.78 Å². The molecule has 3 atom stereocenters. The molecule has 0 saturated carbocycles. The van der Waals surface area contributed by atoms with Crippen molar-refractivity contribution in [1.29, 1.82) is 0 Å². The number of para-hydroxylation sites is 2. The Balaban J connectivity index is 1.42. The maximum absolute atomic E-state index is 13.1. The second-order valence-electron chi connectivity index (χ2n) is 6.87. The van der Waals surface area contributed by atoms with Gasteiger partial charge in [0.25, 0.3) is 5.91 Å². The Bertz CT molecular complexity index is 846. The van der Waals surface area contributed by atoms with Crippen molar-refractivity contribution in [3.63, 3.8) is 0 Å². The summed E-state index contributed by atoms with van der Waals surface area (Å²) in [6.07, 6.45) is 3.53. The molecule has 8 nitrogen and oxygen atoms in total. The Morgan fingerprint density at radius 3 is 2.71 bits per heavy atom. The molecule has 1 aromatic carbocycles. The van der Waals surface area contributed by atoms with Gasteiger partial charge in [-0.15, -0.1) is 0 Å². The van der Waals surface area contributed by atoms with Crippen molar-refractivity contribution in [2.45, 2.75) is 38.1 Å². The van der Waals surface area contributed by atoms with Crippen LogP contribution < -0.4 is 18.9 Å². The van der Waals surface area contributed by atoms with Crippen molar-refractivity contribution < 1.29 is 23.7 Å². The highest BCUT2D eigenvalue weighted by Crippen LogP contribution is 2.34. The number of hydrogen-bond acceptors (Lipinski definition) is 7. The zero-order valence-corrected chi connectivity index (χ0v) is 15.9. The van der Waals surface area contributed by atoms with E-state index in [1.807, 2.05) is 31.2 Å². The average molecular weight is 385 g/mol. The molecule has 4 rings (SSSR count). The third-order valence-electron chi connectivity index (χ3n) is 4.86. The second kappa shape index (κ2) is 7.92. The van der Waals surface area contributed by atoms with E-state index in [4.69, 9.17) is 18.9 Å². The van der Waals surface area contributed by atoms with Gasteiger partial charge in [-0.2, -0.15) is 4.98 Å². The van der Waals surface area contributed by atoms with E-state index >= 15 is 0 Å². The predicted molar refractivity (Wildman–Crippen MR) is 99.8 cm³/mol. The minimum absolute atomic E-state index is 0.0907. The van der Waals surface area contributed by atoms with Gasteiger partial charge in [0.2, 0.25) is 17.9 Å². The summed E-state index contributed by atoms with van der Waals surface area (Å²) in [4.78, 5) is 23.1. The molecule has 0 aliphatic carbocycles. The first-order chi connectivity index (χ1) is 13.6. The van der Waals surface area contributed by atoms with Crippen LogP contribution in [0.15, 0.2) is 36.7 Å². The smallest absolute Gasteiger partial charge is 0.267 e. The second-order valence-corrected chi connectivity index (χ2v) is 6.87. The first-order valence-electron chi connectivity index (χ1n) is 9.38. The molecule has 1 saturated heterocycles. The summed E-state index contributed by atoms with van der Waals surface area (Å²) in [5.41, 5.74) is 0. The Morgan fingerprint density at radius 1 is 1.18 bits per heavy atom. The molecule has 2 aliphatic heterocycles. The Labute approximate surface area is 163 Å². The SMILES string of the molecule is COc1cncc(OC2CCCN(C(=O)C3Oc4ccccc4OC3C)C2)n1. The maximum Gasteiger partial charge on any atom is 0.267 e. The summed E-state index contributed by atoms with van der Waals surface area (Å²) >= 11 is 0. The molecule has 2 aliphatic rings. The first-order valence-corrected chi connectivity index (χ1v) is 9.38. The predicted octanol–water partition coefficient (Wildman–Crippen LogP) is 2.08. The van der Waals surface area contributed by atoms with E-state index < -0.39 is 6.10 Å². The Morgan fingerprint density at radius 2 is 1.93 bits per heavy atom. The fraction of sp³-hybridized carbons (Fsp3) is 0.450. The minimum atomic E-state index is -0.676. The molecule has 0 spiro atoms. The van der Waals surface area contributed by atoms with E-state index in [0.717, 1.165) is 12.8 Å². The Kier molecular flexibility index (Phi) is 5.18. The van der Waals surface area contributed by atoms with Gasteiger partial charge in [0.15, 0.2) is 11.5 Å². The fourth-order valence-electron chi connectivity index (χ4n) is 3.46.